The van der Waals surface area contributed by atoms with Crippen molar-refractivity contribution in [1.82, 2.24) is 19.8 Å². The van der Waals surface area contributed by atoms with Crippen molar-refractivity contribution < 1.29 is 17.7 Å². The topological polar surface area (TPSA) is 109 Å². The van der Waals surface area contributed by atoms with Crippen molar-refractivity contribution in [1.29, 1.82) is 0 Å². The van der Waals surface area contributed by atoms with Crippen LogP contribution in [-0.4, -0.2) is 61.0 Å². The van der Waals surface area contributed by atoms with E-state index in [4.69, 9.17) is 4.52 Å². The van der Waals surface area contributed by atoms with Gasteiger partial charge < -0.3 is 14.7 Å². The summed E-state index contributed by atoms with van der Waals surface area (Å²) < 4.78 is 33.3. The fourth-order valence-electron chi connectivity index (χ4n) is 4.38. The first kappa shape index (κ1) is 23.7. The van der Waals surface area contributed by atoms with E-state index in [2.05, 4.69) is 29.3 Å². The van der Waals surface area contributed by atoms with E-state index in [0.29, 0.717) is 31.2 Å². The van der Waals surface area contributed by atoms with Gasteiger partial charge in [0.05, 0.1) is 0 Å². The Bertz CT molecular complexity index is 1080. The summed E-state index contributed by atoms with van der Waals surface area (Å²) in [5, 5.41) is 6.87. The first-order valence-electron chi connectivity index (χ1n) is 11.6. The molecule has 9 nitrogen and oxygen atoms in total. The Labute approximate surface area is 195 Å². The van der Waals surface area contributed by atoms with Crippen LogP contribution in [0.3, 0.4) is 0 Å². The average Bonchev–Trinajstić information content (AvgIpc) is 3.49. The van der Waals surface area contributed by atoms with Crippen molar-refractivity contribution in [2.24, 2.45) is 5.92 Å². The number of anilines is 1. The smallest absolute Gasteiger partial charge is 0.273 e. The van der Waals surface area contributed by atoms with E-state index in [9.17, 15) is 13.2 Å². The molecule has 1 amide bonds. The summed E-state index contributed by atoms with van der Waals surface area (Å²) in [5.41, 5.74) is 0.285. The molecular formula is C23H33N5O4S. The van der Waals surface area contributed by atoms with E-state index in [0.717, 1.165) is 31.0 Å². The summed E-state index contributed by atoms with van der Waals surface area (Å²) >= 11 is 0. The van der Waals surface area contributed by atoms with Crippen LogP contribution in [0.1, 0.15) is 68.6 Å². The fourth-order valence-corrected chi connectivity index (χ4v) is 5.98. The molecule has 180 valence electrons. The van der Waals surface area contributed by atoms with Gasteiger partial charge in [-0.25, -0.2) is 13.4 Å². The van der Waals surface area contributed by atoms with Crippen LogP contribution in [0.15, 0.2) is 33.8 Å². The molecule has 2 atom stereocenters. The van der Waals surface area contributed by atoms with Crippen molar-refractivity contribution in [2.45, 2.75) is 69.4 Å². The lowest BCUT2D eigenvalue weighted by Crippen LogP contribution is -2.50. The summed E-state index contributed by atoms with van der Waals surface area (Å²) in [6.07, 6.45) is 4.65. The minimum absolute atomic E-state index is 0.120. The first-order chi connectivity index (χ1) is 15.6. The lowest BCUT2D eigenvalue weighted by molar-refractivity contribution is 0.0905. The van der Waals surface area contributed by atoms with Gasteiger partial charge in [0.1, 0.15) is 16.5 Å². The Morgan fingerprint density at radius 3 is 2.67 bits per heavy atom. The highest BCUT2D eigenvalue weighted by molar-refractivity contribution is 7.89. The monoisotopic (exact) mass is 475 g/mol. The molecule has 0 unspecified atom stereocenters. The number of aromatic nitrogens is 2. The van der Waals surface area contributed by atoms with Crippen LogP contribution >= 0.6 is 0 Å². The van der Waals surface area contributed by atoms with E-state index >= 15 is 0 Å². The number of nitrogens with zero attached hydrogens (tertiary/aromatic N) is 4. The van der Waals surface area contributed by atoms with Gasteiger partial charge >= 0.3 is 0 Å². The standard InChI is InChI=1S/C23H33N5O4S/c1-15(2)14-27(4)22-8-7-19(13-24-22)33(30,31)28-10-9-18(11-16(28)3)25-23(29)20-12-21(32-26-20)17-5-6-17/h7-8,12-13,15-18H,5-6,9-11,14H2,1-4H3,(H,25,29)/t16-,18-/m0/s1. The number of rotatable bonds is 8. The van der Waals surface area contributed by atoms with Crippen molar-refractivity contribution in [3.8, 4) is 0 Å². The number of carbonyl (C=O) groups excluding carboxylic acids is 1. The number of nitrogens with one attached hydrogen (secondary N) is 1. The van der Waals surface area contributed by atoms with Crippen molar-refractivity contribution >= 4 is 21.7 Å². The zero-order valence-electron chi connectivity index (χ0n) is 19.7. The summed E-state index contributed by atoms with van der Waals surface area (Å²) in [7, 11) is -1.72. The van der Waals surface area contributed by atoms with Gasteiger partial charge in [0.25, 0.3) is 5.91 Å². The quantitative estimate of drug-likeness (QED) is 0.625. The molecule has 1 aliphatic heterocycles. The normalized spacial score (nSPS) is 21.8. The number of hydrogen-bond acceptors (Lipinski definition) is 7. The van der Waals surface area contributed by atoms with Gasteiger partial charge in [-0.2, -0.15) is 4.31 Å². The van der Waals surface area contributed by atoms with Gasteiger partial charge in [0.2, 0.25) is 10.0 Å². The Kier molecular flexibility index (Phi) is 6.76. The molecule has 33 heavy (non-hydrogen) atoms. The maximum absolute atomic E-state index is 13.2. The van der Waals surface area contributed by atoms with Crippen LogP contribution in [0.25, 0.3) is 0 Å². The van der Waals surface area contributed by atoms with Crippen molar-refractivity contribution in [3.05, 3.63) is 35.9 Å². The molecule has 4 rings (SSSR count). The minimum Gasteiger partial charge on any atom is -0.360 e. The lowest BCUT2D eigenvalue weighted by atomic mass is 10.0. The van der Waals surface area contributed by atoms with E-state index in [1.165, 1.54) is 10.5 Å². The summed E-state index contributed by atoms with van der Waals surface area (Å²) in [6.45, 7) is 7.29. The molecule has 2 aliphatic rings. The summed E-state index contributed by atoms with van der Waals surface area (Å²) in [5.74, 6) is 2.11. The molecule has 1 N–H and O–H groups in total. The Morgan fingerprint density at radius 2 is 2.06 bits per heavy atom. The van der Waals surface area contributed by atoms with Crippen LogP contribution < -0.4 is 10.2 Å². The molecule has 2 fully saturated rings. The number of amides is 1. The number of sulfonamides is 1. The number of piperidine rings is 1. The SMILES string of the molecule is CC(C)CN(C)c1ccc(S(=O)(=O)N2CC[C@H](NC(=O)c3cc(C4CC4)on3)C[C@@H]2C)cn1. The highest BCUT2D eigenvalue weighted by Crippen LogP contribution is 2.40. The van der Waals surface area contributed by atoms with Crippen molar-refractivity contribution in [2.75, 3.05) is 25.0 Å². The molecular weight excluding hydrogens is 442 g/mol. The molecule has 2 aromatic heterocycles. The molecule has 2 aromatic rings. The van der Waals surface area contributed by atoms with Gasteiger partial charge in [-0.3, -0.25) is 4.79 Å². The maximum Gasteiger partial charge on any atom is 0.273 e. The number of pyridine rings is 1. The highest BCUT2D eigenvalue weighted by atomic mass is 32.2. The Balaban J connectivity index is 1.36. The molecule has 0 spiro atoms. The Hall–Kier alpha value is -2.46. The third-order valence-corrected chi connectivity index (χ3v) is 8.25. The number of hydrogen-bond donors (Lipinski definition) is 1. The average molecular weight is 476 g/mol. The fraction of sp³-hybridized carbons (Fsp3) is 0.609. The van der Waals surface area contributed by atoms with E-state index < -0.39 is 10.0 Å². The first-order valence-corrected chi connectivity index (χ1v) is 13.1. The van der Waals surface area contributed by atoms with Gasteiger partial charge in [-0.1, -0.05) is 19.0 Å². The molecule has 1 aliphatic carbocycles. The third-order valence-electron chi connectivity index (χ3n) is 6.25. The molecule has 10 heteroatoms. The largest absolute Gasteiger partial charge is 0.360 e. The van der Waals surface area contributed by atoms with Gasteiger partial charge in [-0.05, 0) is 50.7 Å². The molecule has 0 bridgehead atoms. The highest BCUT2D eigenvalue weighted by Gasteiger charge is 2.36. The maximum atomic E-state index is 13.2. The van der Waals surface area contributed by atoms with Gasteiger partial charge in [0.15, 0.2) is 5.69 Å². The van der Waals surface area contributed by atoms with Crippen LogP contribution in [-0.2, 0) is 10.0 Å². The second-order valence-electron chi connectivity index (χ2n) is 9.67. The van der Waals surface area contributed by atoms with Crippen molar-refractivity contribution in [3.63, 3.8) is 0 Å². The number of carbonyl (C=O) groups is 1. The van der Waals surface area contributed by atoms with E-state index in [1.807, 2.05) is 18.9 Å². The molecule has 0 aromatic carbocycles. The predicted molar refractivity (Wildman–Crippen MR) is 125 cm³/mol. The molecule has 1 saturated heterocycles. The van der Waals surface area contributed by atoms with Crippen LogP contribution in [0.4, 0.5) is 5.82 Å². The Morgan fingerprint density at radius 1 is 1.30 bits per heavy atom. The summed E-state index contributed by atoms with van der Waals surface area (Å²) in [4.78, 5) is 19.1. The van der Waals surface area contributed by atoms with E-state index in [-0.39, 0.29) is 28.6 Å². The van der Waals surface area contributed by atoms with Gasteiger partial charge in [0, 0.05) is 50.4 Å². The van der Waals surface area contributed by atoms with E-state index in [1.54, 1.807) is 18.2 Å². The second kappa shape index (κ2) is 9.42. The van der Waals surface area contributed by atoms with Crippen LogP contribution in [0.5, 0.6) is 0 Å². The summed E-state index contributed by atoms with van der Waals surface area (Å²) in [6, 6.07) is 4.71. The third kappa shape index (κ3) is 5.38. The zero-order chi connectivity index (χ0) is 23.8. The second-order valence-corrected chi connectivity index (χ2v) is 11.6. The minimum atomic E-state index is -3.67. The molecule has 0 radical (unpaired) electrons. The van der Waals surface area contributed by atoms with Gasteiger partial charge in [-0.15, -0.1) is 0 Å². The zero-order valence-corrected chi connectivity index (χ0v) is 20.5. The molecule has 1 saturated carbocycles. The lowest BCUT2D eigenvalue weighted by Gasteiger charge is -2.36. The van der Waals surface area contributed by atoms with Crippen LogP contribution in [0, 0.1) is 5.92 Å². The van der Waals surface area contributed by atoms with Crippen LogP contribution in [0.2, 0.25) is 0 Å². The predicted octanol–water partition coefficient (Wildman–Crippen LogP) is 3.01. The molecule has 3 heterocycles.